The number of thioether (sulfide) groups is 1. The summed E-state index contributed by atoms with van der Waals surface area (Å²) in [6.45, 7) is 0.283. The minimum absolute atomic E-state index is 0.283. The quantitative estimate of drug-likeness (QED) is 0.724. The van der Waals surface area contributed by atoms with Crippen LogP contribution in [-0.4, -0.2) is 37.2 Å². The van der Waals surface area contributed by atoms with Crippen LogP contribution >= 0.6 is 11.8 Å². The molecule has 0 aromatic heterocycles. The first kappa shape index (κ1) is 17.2. The number of carbonyl (C=O) groups is 2. The first-order valence-electron chi connectivity index (χ1n) is 6.44. The van der Waals surface area contributed by atoms with Crippen LogP contribution in [0.15, 0.2) is 24.3 Å². The molecule has 0 bridgehead atoms. The van der Waals surface area contributed by atoms with E-state index < -0.39 is 18.0 Å². The van der Waals surface area contributed by atoms with Crippen LogP contribution in [0.1, 0.15) is 12.0 Å². The van der Waals surface area contributed by atoms with Crippen molar-refractivity contribution in [2.24, 2.45) is 0 Å². The van der Waals surface area contributed by atoms with E-state index in [-0.39, 0.29) is 6.54 Å². The molecule has 0 unspecified atom stereocenters. The monoisotopic (exact) mass is 311 g/mol. The molecular weight excluding hydrogens is 292 g/mol. The van der Waals surface area contributed by atoms with Gasteiger partial charge in [0, 0.05) is 6.54 Å². The van der Waals surface area contributed by atoms with Crippen molar-refractivity contribution in [2.75, 3.05) is 19.1 Å². The van der Waals surface area contributed by atoms with Crippen LogP contribution in [0, 0.1) is 0 Å². The fourth-order valence-corrected chi connectivity index (χ4v) is 2.13. The lowest BCUT2D eigenvalue weighted by Crippen LogP contribution is -2.51. The zero-order valence-electron chi connectivity index (χ0n) is 12.0. The first-order chi connectivity index (χ1) is 10.1. The van der Waals surface area contributed by atoms with Crippen molar-refractivity contribution in [3.05, 3.63) is 29.8 Å². The number of rotatable bonds is 8. The van der Waals surface area contributed by atoms with E-state index in [1.165, 1.54) is 11.8 Å². The Labute approximate surface area is 128 Å². The number of benzene rings is 1. The summed E-state index contributed by atoms with van der Waals surface area (Å²) in [4.78, 5) is 22.6. The lowest BCUT2D eigenvalue weighted by molar-refractivity contribution is -0.308. The van der Waals surface area contributed by atoms with E-state index in [4.69, 9.17) is 4.74 Å². The van der Waals surface area contributed by atoms with E-state index in [0.717, 1.165) is 5.56 Å². The maximum absolute atomic E-state index is 11.7. The molecule has 1 rings (SSSR count). The van der Waals surface area contributed by atoms with E-state index in [1.54, 1.807) is 19.2 Å². The number of carboxylic acids is 1. The number of methoxy groups -OCH3 is 1. The number of hydrogen-bond donors (Lipinski definition) is 2. The zero-order chi connectivity index (χ0) is 15.7. The van der Waals surface area contributed by atoms with Gasteiger partial charge in [-0.05, 0) is 36.1 Å². The highest BCUT2D eigenvalue weighted by atomic mass is 32.2. The van der Waals surface area contributed by atoms with Gasteiger partial charge in [0.2, 0.25) is 0 Å². The summed E-state index contributed by atoms with van der Waals surface area (Å²) in [7, 11) is 1.56. The summed E-state index contributed by atoms with van der Waals surface area (Å²) < 4.78 is 5.09. The van der Waals surface area contributed by atoms with Gasteiger partial charge in [-0.3, -0.25) is 0 Å². The first-order valence-corrected chi connectivity index (χ1v) is 7.83. The third kappa shape index (κ3) is 6.40. The van der Waals surface area contributed by atoms with E-state index >= 15 is 0 Å². The van der Waals surface area contributed by atoms with Crippen molar-refractivity contribution >= 4 is 23.8 Å². The number of carbonyl (C=O) groups excluding carboxylic acids is 2. The van der Waals surface area contributed by atoms with Crippen LogP contribution in [0.2, 0.25) is 0 Å². The average molecular weight is 311 g/mol. The van der Waals surface area contributed by atoms with Gasteiger partial charge in [-0.2, -0.15) is 11.8 Å². The zero-order valence-corrected chi connectivity index (χ0v) is 12.9. The molecule has 0 saturated carbocycles. The lowest BCUT2D eigenvalue weighted by atomic mass is 10.2. The number of amides is 2. The number of ether oxygens (including phenoxy) is 1. The van der Waals surface area contributed by atoms with Crippen molar-refractivity contribution in [1.29, 1.82) is 0 Å². The summed E-state index contributed by atoms with van der Waals surface area (Å²) >= 11 is 1.51. The molecule has 0 spiro atoms. The fourth-order valence-electron chi connectivity index (χ4n) is 1.66. The molecule has 7 heteroatoms. The number of urea groups is 1. The van der Waals surface area contributed by atoms with Crippen molar-refractivity contribution in [1.82, 2.24) is 10.6 Å². The normalized spacial score (nSPS) is 11.5. The molecular formula is C14H19N2O4S-. The number of aliphatic carboxylic acids is 1. The summed E-state index contributed by atoms with van der Waals surface area (Å²) in [6.07, 6.45) is 2.20. The maximum Gasteiger partial charge on any atom is 0.315 e. The topological polar surface area (TPSA) is 90.5 Å². The molecule has 0 saturated heterocycles. The highest BCUT2D eigenvalue weighted by Crippen LogP contribution is 2.12. The van der Waals surface area contributed by atoms with Crippen LogP contribution in [-0.2, 0) is 11.3 Å². The van der Waals surface area contributed by atoms with Crippen LogP contribution in [0.5, 0.6) is 5.75 Å². The maximum atomic E-state index is 11.7. The Morgan fingerprint density at radius 3 is 2.81 bits per heavy atom. The Morgan fingerprint density at radius 2 is 2.19 bits per heavy atom. The van der Waals surface area contributed by atoms with E-state index in [1.807, 2.05) is 18.4 Å². The summed E-state index contributed by atoms with van der Waals surface area (Å²) in [5.41, 5.74) is 0.860. The third-order valence-corrected chi connectivity index (χ3v) is 3.43. The smallest absolute Gasteiger partial charge is 0.315 e. The van der Waals surface area contributed by atoms with Gasteiger partial charge in [0.25, 0.3) is 0 Å². The molecule has 2 N–H and O–H groups in total. The van der Waals surface area contributed by atoms with Crippen LogP contribution in [0.4, 0.5) is 4.79 Å². The van der Waals surface area contributed by atoms with Gasteiger partial charge in [-0.25, -0.2) is 4.79 Å². The van der Waals surface area contributed by atoms with Gasteiger partial charge in [0.1, 0.15) is 5.75 Å². The molecule has 0 aliphatic heterocycles. The molecule has 116 valence electrons. The second kappa shape index (κ2) is 9.12. The van der Waals surface area contributed by atoms with Crippen molar-refractivity contribution in [3.63, 3.8) is 0 Å². The number of carboxylic acid groups (broad SMARTS) is 1. The van der Waals surface area contributed by atoms with E-state index in [9.17, 15) is 14.7 Å². The van der Waals surface area contributed by atoms with Crippen molar-refractivity contribution < 1.29 is 19.4 Å². The Kier molecular flexibility index (Phi) is 7.45. The standard InChI is InChI=1S/C14H20N2O4S/c1-20-11-5-3-4-10(8-11)9-15-14(19)16-12(13(17)18)6-7-21-2/h3-5,8,12H,6-7,9H2,1-2H3,(H,17,18)(H2,15,16,19)/p-1/t12-/m0/s1. The second-order valence-electron chi connectivity index (χ2n) is 4.33. The van der Waals surface area contributed by atoms with E-state index in [2.05, 4.69) is 10.6 Å². The SMILES string of the molecule is COc1cccc(CNC(=O)N[C@@H](CCSC)C(=O)[O-])c1. The molecule has 0 fully saturated rings. The predicted molar refractivity (Wildman–Crippen MR) is 80.2 cm³/mol. The minimum Gasteiger partial charge on any atom is -0.548 e. The molecule has 2 amide bonds. The van der Waals surface area contributed by atoms with Gasteiger partial charge in [-0.15, -0.1) is 0 Å². The number of nitrogens with one attached hydrogen (secondary N) is 2. The number of hydrogen-bond acceptors (Lipinski definition) is 5. The lowest BCUT2D eigenvalue weighted by Gasteiger charge is -2.19. The van der Waals surface area contributed by atoms with Crippen LogP contribution in [0.25, 0.3) is 0 Å². The molecule has 6 nitrogen and oxygen atoms in total. The largest absolute Gasteiger partial charge is 0.548 e. The Bertz CT molecular complexity index is 482. The van der Waals surface area contributed by atoms with Crippen molar-refractivity contribution in [3.8, 4) is 5.75 Å². The highest BCUT2D eigenvalue weighted by Gasteiger charge is 2.12. The van der Waals surface area contributed by atoms with Gasteiger partial charge in [-0.1, -0.05) is 12.1 Å². The second-order valence-corrected chi connectivity index (χ2v) is 5.32. The Balaban J connectivity index is 2.46. The molecule has 1 atom stereocenters. The fraction of sp³-hybridized carbons (Fsp3) is 0.429. The molecule has 1 aromatic carbocycles. The predicted octanol–water partition coefficient (Wildman–Crippen LogP) is 0.366. The third-order valence-electron chi connectivity index (χ3n) is 2.79. The molecule has 0 aliphatic rings. The Hall–Kier alpha value is -1.89. The van der Waals surface area contributed by atoms with Gasteiger partial charge in [0.05, 0.1) is 19.1 Å². The van der Waals surface area contributed by atoms with Gasteiger partial charge < -0.3 is 25.3 Å². The van der Waals surface area contributed by atoms with Gasteiger partial charge >= 0.3 is 6.03 Å². The summed E-state index contributed by atoms with van der Waals surface area (Å²) in [6, 6.07) is 5.74. The van der Waals surface area contributed by atoms with Crippen LogP contribution in [0.3, 0.4) is 0 Å². The van der Waals surface area contributed by atoms with Gasteiger partial charge in [0.15, 0.2) is 0 Å². The molecule has 21 heavy (non-hydrogen) atoms. The summed E-state index contributed by atoms with van der Waals surface area (Å²) in [5.74, 6) is 0.0531. The molecule has 0 heterocycles. The molecule has 0 aliphatic carbocycles. The minimum atomic E-state index is -1.28. The van der Waals surface area contributed by atoms with Crippen LogP contribution < -0.4 is 20.5 Å². The van der Waals surface area contributed by atoms with E-state index in [0.29, 0.717) is 17.9 Å². The summed E-state index contributed by atoms with van der Waals surface area (Å²) in [5, 5.41) is 15.9. The Morgan fingerprint density at radius 1 is 1.43 bits per heavy atom. The highest BCUT2D eigenvalue weighted by molar-refractivity contribution is 7.98. The van der Waals surface area contributed by atoms with Crippen molar-refractivity contribution in [2.45, 2.75) is 19.0 Å². The molecule has 0 radical (unpaired) electrons. The average Bonchev–Trinajstić information content (AvgIpc) is 2.49. The molecule has 1 aromatic rings.